The number of aliphatic hydroxyl groups is 1. The third-order valence-electron chi connectivity index (χ3n) is 6.38. The average Bonchev–Trinajstić information content (AvgIpc) is 3.27. The zero-order valence-corrected chi connectivity index (χ0v) is 17.3. The number of aryl methyl sites for hydroxylation is 1. The fourth-order valence-corrected chi connectivity index (χ4v) is 4.72. The van der Waals surface area contributed by atoms with Crippen molar-refractivity contribution in [3.05, 3.63) is 18.2 Å². The average molecular weight is 416 g/mol. The summed E-state index contributed by atoms with van der Waals surface area (Å²) >= 11 is 0. The number of hydrogen-bond acceptors (Lipinski definition) is 3. The Hall–Kier alpha value is -1.77. The van der Waals surface area contributed by atoms with Crippen molar-refractivity contribution in [3.8, 4) is 0 Å². The maximum Gasteiger partial charge on any atom is 0.424 e. The summed E-state index contributed by atoms with van der Waals surface area (Å²) in [6.45, 7) is 4.22. The Labute approximate surface area is 170 Å². The van der Waals surface area contributed by atoms with Crippen LogP contribution in [0.5, 0.6) is 0 Å². The summed E-state index contributed by atoms with van der Waals surface area (Å²) in [5, 5.41) is 13.7. The molecule has 2 fully saturated rings. The van der Waals surface area contributed by atoms with Crippen molar-refractivity contribution in [1.82, 2.24) is 19.8 Å². The van der Waals surface area contributed by atoms with Crippen molar-refractivity contribution < 1.29 is 18.3 Å². The molecular formula is C20H32F3N5O. The first-order valence-electron chi connectivity index (χ1n) is 10.5. The summed E-state index contributed by atoms with van der Waals surface area (Å²) in [7, 11) is 1.44. The molecule has 2 heterocycles. The molecule has 1 unspecified atom stereocenters. The maximum absolute atomic E-state index is 13.7. The summed E-state index contributed by atoms with van der Waals surface area (Å²) in [6, 6.07) is 0. The number of imidazole rings is 1. The third-order valence-corrected chi connectivity index (χ3v) is 6.38. The highest BCUT2D eigenvalue weighted by molar-refractivity contribution is 5.80. The minimum absolute atomic E-state index is 0.144. The van der Waals surface area contributed by atoms with Crippen LogP contribution in [0.4, 0.5) is 13.2 Å². The van der Waals surface area contributed by atoms with E-state index >= 15 is 0 Å². The molecule has 0 aromatic carbocycles. The van der Waals surface area contributed by atoms with Crippen molar-refractivity contribution in [2.75, 3.05) is 26.2 Å². The molecule has 1 aliphatic carbocycles. The van der Waals surface area contributed by atoms with Crippen molar-refractivity contribution >= 4 is 5.96 Å². The van der Waals surface area contributed by atoms with E-state index in [1.165, 1.54) is 56.1 Å². The van der Waals surface area contributed by atoms with E-state index in [2.05, 4.69) is 20.2 Å². The maximum atomic E-state index is 13.7. The number of guanidine groups is 1. The van der Waals surface area contributed by atoms with Gasteiger partial charge in [0, 0.05) is 52.0 Å². The van der Waals surface area contributed by atoms with Gasteiger partial charge in [0.25, 0.3) is 0 Å². The molecule has 0 amide bonds. The van der Waals surface area contributed by atoms with Gasteiger partial charge in [0.15, 0.2) is 5.96 Å². The molecule has 1 aromatic heterocycles. The summed E-state index contributed by atoms with van der Waals surface area (Å²) in [5.41, 5.74) is -2.70. The lowest BCUT2D eigenvalue weighted by Gasteiger charge is -2.34. The molecule has 0 radical (unpaired) electrons. The standard InChI is InChI=1S/C20H32F3N5O/c1-3-24-17(28-13-10-18(15-28)7-5-4-6-8-18)26-11-9-19(29,20(21,22)23)16-25-12-14-27(16)2/h12,14,29H,3-11,13,15H2,1-2H3,(H,24,26). The molecule has 2 aliphatic rings. The lowest BCUT2D eigenvalue weighted by atomic mass is 9.73. The van der Waals surface area contributed by atoms with Gasteiger partial charge >= 0.3 is 6.18 Å². The van der Waals surface area contributed by atoms with Crippen LogP contribution < -0.4 is 5.32 Å². The molecule has 164 valence electrons. The quantitative estimate of drug-likeness (QED) is 0.573. The molecule has 1 saturated carbocycles. The molecule has 3 rings (SSSR count). The molecule has 1 aliphatic heterocycles. The van der Waals surface area contributed by atoms with E-state index in [0.29, 0.717) is 17.9 Å². The van der Waals surface area contributed by atoms with Gasteiger partial charge in [-0.3, -0.25) is 4.99 Å². The highest BCUT2D eigenvalue weighted by Gasteiger charge is 2.57. The van der Waals surface area contributed by atoms with E-state index in [4.69, 9.17) is 0 Å². The fraction of sp³-hybridized carbons (Fsp3) is 0.800. The Kier molecular flexibility index (Phi) is 6.45. The summed E-state index contributed by atoms with van der Waals surface area (Å²) in [5.74, 6) is 0.229. The number of aliphatic imine (C=N–C) groups is 1. The molecule has 1 aromatic rings. The van der Waals surface area contributed by atoms with Crippen molar-refractivity contribution in [2.45, 2.75) is 63.6 Å². The van der Waals surface area contributed by atoms with E-state index in [9.17, 15) is 18.3 Å². The number of aromatic nitrogens is 2. The molecule has 1 spiro atoms. The van der Waals surface area contributed by atoms with Gasteiger partial charge < -0.3 is 19.9 Å². The Bertz CT molecular complexity index is 711. The topological polar surface area (TPSA) is 65.7 Å². The second kappa shape index (κ2) is 8.53. The van der Waals surface area contributed by atoms with Gasteiger partial charge in [-0.2, -0.15) is 13.2 Å². The van der Waals surface area contributed by atoms with Gasteiger partial charge in [-0.25, -0.2) is 4.98 Å². The molecule has 29 heavy (non-hydrogen) atoms. The molecule has 0 bridgehead atoms. The molecular weight excluding hydrogens is 383 g/mol. The van der Waals surface area contributed by atoms with Crippen LogP contribution in [0.2, 0.25) is 0 Å². The highest BCUT2D eigenvalue weighted by atomic mass is 19.4. The van der Waals surface area contributed by atoms with Crippen LogP contribution in [-0.2, 0) is 12.6 Å². The number of likely N-dealkylation sites (tertiary alicyclic amines) is 1. The fourth-order valence-electron chi connectivity index (χ4n) is 4.72. The Morgan fingerprint density at radius 1 is 1.28 bits per heavy atom. The summed E-state index contributed by atoms with van der Waals surface area (Å²) in [6.07, 6.45) is 4.59. The lowest BCUT2D eigenvalue weighted by Crippen LogP contribution is -2.45. The SMILES string of the molecule is CCNC(=NCCC(O)(c1nccn1C)C(F)(F)F)N1CCC2(CCCCC2)C1. The van der Waals surface area contributed by atoms with Gasteiger partial charge in [-0.1, -0.05) is 19.3 Å². The van der Waals surface area contributed by atoms with Crippen LogP contribution in [0.1, 0.15) is 57.7 Å². The number of nitrogens with one attached hydrogen (secondary N) is 1. The Morgan fingerprint density at radius 2 is 2.00 bits per heavy atom. The first-order chi connectivity index (χ1) is 13.7. The molecule has 2 N–H and O–H groups in total. The normalized spacial score (nSPS) is 22.1. The number of hydrogen-bond donors (Lipinski definition) is 2. The second-order valence-electron chi connectivity index (χ2n) is 8.44. The van der Waals surface area contributed by atoms with Gasteiger partial charge in [-0.05, 0) is 31.6 Å². The van der Waals surface area contributed by atoms with E-state index in [-0.39, 0.29) is 6.54 Å². The Morgan fingerprint density at radius 3 is 2.59 bits per heavy atom. The second-order valence-corrected chi connectivity index (χ2v) is 8.44. The number of rotatable bonds is 5. The molecule has 9 heteroatoms. The minimum atomic E-state index is -4.83. The van der Waals surface area contributed by atoms with Crippen molar-refractivity contribution in [1.29, 1.82) is 0 Å². The zero-order valence-electron chi connectivity index (χ0n) is 17.3. The van der Waals surface area contributed by atoms with Gasteiger partial charge in [0.2, 0.25) is 5.60 Å². The minimum Gasteiger partial charge on any atom is -0.374 e. The van der Waals surface area contributed by atoms with Crippen LogP contribution >= 0.6 is 0 Å². The third kappa shape index (κ3) is 4.54. The van der Waals surface area contributed by atoms with E-state index in [0.717, 1.165) is 19.5 Å². The highest BCUT2D eigenvalue weighted by Crippen LogP contribution is 2.44. The van der Waals surface area contributed by atoms with Crippen LogP contribution in [0.15, 0.2) is 17.4 Å². The predicted octanol–water partition coefficient (Wildman–Crippen LogP) is 3.18. The first-order valence-corrected chi connectivity index (χ1v) is 10.5. The van der Waals surface area contributed by atoms with Gasteiger partial charge in [0.05, 0.1) is 0 Å². The largest absolute Gasteiger partial charge is 0.424 e. The summed E-state index contributed by atoms with van der Waals surface area (Å²) in [4.78, 5) is 10.4. The summed E-state index contributed by atoms with van der Waals surface area (Å²) < 4.78 is 42.2. The van der Waals surface area contributed by atoms with Gasteiger partial charge in [0.1, 0.15) is 5.82 Å². The number of nitrogens with zero attached hydrogens (tertiary/aromatic N) is 4. The van der Waals surface area contributed by atoms with Crippen LogP contribution in [0.25, 0.3) is 0 Å². The molecule has 6 nitrogen and oxygen atoms in total. The van der Waals surface area contributed by atoms with E-state index in [1.807, 2.05) is 6.92 Å². The van der Waals surface area contributed by atoms with Crippen molar-refractivity contribution in [3.63, 3.8) is 0 Å². The smallest absolute Gasteiger partial charge is 0.374 e. The van der Waals surface area contributed by atoms with Crippen LogP contribution in [-0.4, -0.2) is 57.9 Å². The van der Waals surface area contributed by atoms with Crippen molar-refractivity contribution in [2.24, 2.45) is 17.5 Å². The lowest BCUT2D eigenvalue weighted by molar-refractivity contribution is -0.272. The first kappa shape index (κ1) is 21.9. The van der Waals surface area contributed by atoms with Gasteiger partial charge in [-0.15, -0.1) is 0 Å². The van der Waals surface area contributed by atoms with Crippen LogP contribution in [0, 0.1) is 5.41 Å². The molecule has 1 atom stereocenters. The number of alkyl halides is 3. The van der Waals surface area contributed by atoms with E-state index in [1.54, 1.807) is 0 Å². The van der Waals surface area contributed by atoms with E-state index < -0.39 is 24.0 Å². The zero-order chi connectivity index (χ0) is 21.1. The van der Waals surface area contributed by atoms with Crippen LogP contribution in [0.3, 0.4) is 0 Å². The predicted molar refractivity (Wildman–Crippen MR) is 105 cm³/mol. The molecule has 1 saturated heterocycles. The number of halogens is 3. The monoisotopic (exact) mass is 415 g/mol. The Balaban J connectivity index is 1.72.